The van der Waals surface area contributed by atoms with Crippen LogP contribution in [0.25, 0.3) is 0 Å². The molecule has 1 fully saturated rings. The van der Waals surface area contributed by atoms with Crippen molar-refractivity contribution in [2.24, 2.45) is 5.92 Å². The van der Waals surface area contributed by atoms with E-state index in [2.05, 4.69) is 10.1 Å². The molecule has 1 aliphatic rings. The van der Waals surface area contributed by atoms with Crippen LogP contribution < -0.4 is 5.32 Å². The van der Waals surface area contributed by atoms with E-state index in [1.165, 1.54) is 20.0 Å². The highest BCUT2D eigenvalue weighted by Crippen LogP contribution is 2.28. The first kappa shape index (κ1) is 11.2. The van der Waals surface area contributed by atoms with Gasteiger partial charge in [0.05, 0.1) is 13.2 Å². The van der Waals surface area contributed by atoms with Gasteiger partial charge in [-0.3, -0.25) is 0 Å². The normalized spacial score (nSPS) is 17.1. The number of rotatable bonds is 5. The number of furan rings is 1. The van der Waals surface area contributed by atoms with E-state index in [0.29, 0.717) is 0 Å². The Balaban J connectivity index is 1.91. The molecule has 0 spiro atoms. The summed E-state index contributed by atoms with van der Waals surface area (Å²) < 4.78 is 10.00. The van der Waals surface area contributed by atoms with Crippen molar-refractivity contribution in [1.82, 2.24) is 5.32 Å². The lowest BCUT2D eigenvalue weighted by molar-refractivity contribution is 0.0562. The maximum Gasteiger partial charge on any atom is 0.373 e. The van der Waals surface area contributed by atoms with Gasteiger partial charge in [-0.15, -0.1) is 0 Å². The fourth-order valence-electron chi connectivity index (χ4n) is 1.56. The van der Waals surface area contributed by atoms with E-state index < -0.39 is 5.97 Å². The third-order valence-electron chi connectivity index (χ3n) is 2.85. The SMILES string of the molecule is COC(=O)c1ccc(C(C)NCC2CC2)o1. The Labute approximate surface area is 95.0 Å². The molecule has 1 N–H and O–H groups in total. The molecular formula is C12H17NO3. The smallest absolute Gasteiger partial charge is 0.373 e. The molecule has 1 saturated carbocycles. The van der Waals surface area contributed by atoms with Gasteiger partial charge in [-0.2, -0.15) is 0 Å². The van der Waals surface area contributed by atoms with Crippen LogP contribution in [-0.2, 0) is 4.74 Å². The van der Waals surface area contributed by atoms with Crippen LogP contribution in [0.2, 0.25) is 0 Å². The van der Waals surface area contributed by atoms with Gasteiger partial charge < -0.3 is 14.5 Å². The predicted octanol–water partition coefficient (Wildman–Crippen LogP) is 2.13. The van der Waals surface area contributed by atoms with Crippen LogP contribution in [0.15, 0.2) is 16.5 Å². The van der Waals surface area contributed by atoms with Crippen molar-refractivity contribution in [3.63, 3.8) is 0 Å². The fraction of sp³-hybridized carbons (Fsp3) is 0.583. The number of carbonyl (C=O) groups is 1. The third kappa shape index (κ3) is 2.64. The van der Waals surface area contributed by atoms with Crippen molar-refractivity contribution in [2.45, 2.75) is 25.8 Å². The van der Waals surface area contributed by atoms with E-state index in [9.17, 15) is 4.79 Å². The molecule has 1 aromatic heterocycles. The average Bonchev–Trinajstić information content (AvgIpc) is 2.99. The molecule has 1 heterocycles. The Morgan fingerprint density at radius 1 is 1.62 bits per heavy atom. The maximum absolute atomic E-state index is 11.2. The Kier molecular flexibility index (Phi) is 3.29. The summed E-state index contributed by atoms with van der Waals surface area (Å²) in [5, 5.41) is 3.39. The molecule has 4 nitrogen and oxygen atoms in total. The second-order valence-electron chi connectivity index (χ2n) is 4.27. The lowest BCUT2D eigenvalue weighted by Gasteiger charge is -2.10. The van der Waals surface area contributed by atoms with Gasteiger partial charge in [0.15, 0.2) is 0 Å². The minimum atomic E-state index is -0.430. The molecule has 1 aromatic rings. The van der Waals surface area contributed by atoms with Gasteiger partial charge in [-0.1, -0.05) is 0 Å². The lowest BCUT2D eigenvalue weighted by atomic mass is 10.2. The average molecular weight is 223 g/mol. The van der Waals surface area contributed by atoms with Gasteiger partial charge >= 0.3 is 5.97 Å². The molecular weight excluding hydrogens is 206 g/mol. The van der Waals surface area contributed by atoms with Crippen LogP contribution in [0.3, 0.4) is 0 Å². The first-order chi connectivity index (χ1) is 7.70. The van der Waals surface area contributed by atoms with E-state index in [4.69, 9.17) is 4.42 Å². The van der Waals surface area contributed by atoms with Crippen LogP contribution in [0.4, 0.5) is 0 Å². The quantitative estimate of drug-likeness (QED) is 0.777. The van der Waals surface area contributed by atoms with Gasteiger partial charge in [0, 0.05) is 0 Å². The zero-order chi connectivity index (χ0) is 11.5. The second-order valence-corrected chi connectivity index (χ2v) is 4.27. The summed E-state index contributed by atoms with van der Waals surface area (Å²) in [6, 6.07) is 3.60. The van der Waals surface area contributed by atoms with E-state index >= 15 is 0 Å². The van der Waals surface area contributed by atoms with Crippen LogP contribution >= 0.6 is 0 Å². The highest BCUT2D eigenvalue weighted by molar-refractivity contribution is 5.86. The fourth-order valence-corrected chi connectivity index (χ4v) is 1.56. The molecule has 0 saturated heterocycles. The minimum absolute atomic E-state index is 0.138. The molecule has 2 rings (SSSR count). The zero-order valence-corrected chi connectivity index (χ0v) is 9.66. The molecule has 4 heteroatoms. The Hall–Kier alpha value is -1.29. The molecule has 1 atom stereocenters. The van der Waals surface area contributed by atoms with Crippen molar-refractivity contribution in [3.8, 4) is 0 Å². The van der Waals surface area contributed by atoms with E-state index in [1.807, 2.05) is 13.0 Å². The number of hydrogen-bond donors (Lipinski definition) is 1. The molecule has 0 aliphatic heterocycles. The number of esters is 1. The Bertz CT molecular complexity index is 368. The summed E-state index contributed by atoms with van der Waals surface area (Å²) in [6.07, 6.45) is 2.65. The van der Waals surface area contributed by atoms with Crippen molar-refractivity contribution in [2.75, 3.05) is 13.7 Å². The monoisotopic (exact) mass is 223 g/mol. The molecule has 0 amide bonds. The summed E-state index contributed by atoms with van der Waals surface area (Å²) in [7, 11) is 1.35. The first-order valence-electron chi connectivity index (χ1n) is 5.62. The van der Waals surface area contributed by atoms with Crippen molar-refractivity contribution in [3.05, 3.63) is 23.7 Å². The predicted molar refractivity (Wildman–Crippen MR) is 59.2 cm³/mol. The number of hydrogen-bond acceptors (Lipinski definition) is 4. The lowest BCUT2D eigenvalue weighted by Crippen LogP contribution is -2.20. The number of nitrogens with one attached hydrogen (secondary N) is 1. The van der Waals surface area contributed by atoms with E-state index in [0.717, 1.165) is 18.2 Å². The highest BCUT2D eigenvalue weighted by atomic mass is 16.5. The van der Waals surface area contributed by atoms with Crippen molar-refractivity contribution < 1.29 is 13.9 Å². The summed E-state index contributed by atoms with van der Waals surface area (Å²) in [6.45, 7) is 3.05. The van der Waals surface area contributed by atoms with Gasteiger partial charge in [0.2, 0.25) is 5.76 Å². The van der Waals surface area contributed by atoms with Gasteiger partial charge in [0.25, 0.3) is 0 Å². The Morgan fingerprint density at radius 2 is 2.38 bits per heavy atom. The minimum Gasteiger partial charge on any atom is -0.463 e. The molecule has 1 unspecified atom stereocenters. The van der Waals surface area contributed by atoms with E-state index in [-0.39, 0.29) is 11.8 Å². The van der Waals surface area contributed by atoms with Crippen LogP contribution in [0, 0.1) is 5.92 Å². The van der Waals surface area contributed by atoms with Gasteiger partial charge in [-0.25, -0.2) is 4.79 Å². The number of methoxy groups -OCH3 is 1. The summed E-state index contributed by atoms with van der Waals surface area (Å²) in [5.74, 6) is 1.44. The highest BCUT2D eigenvalue weighted by Gasteiger charge is 2.22. The Morgan fingerprint density at radius 3 is 3.00 bits per heavy atom. The third-order valence-corrected chi connectivity index (χ3v) is 2.85. The molecule has 88 valence electrons. The zero-order valence-electron chi connectivity index (χ0n) is 9.66. The standard InChI is InChI=1S/C12H17NO3/c1-8(13-7-9-3-4-9)10-5-6-11(16-10)12(14)15-2/h5-6,8-9,13H,3-4,7H2,1-2H3. The van der Waals surface area contributed by atoms with Crippen LogP contribution in [0.5, 0.6) is 0 Å². The molecule has 0 bridgehead atoms. The topological polar surface area (TPSA) is 51.5 Å². The van der Waals surface area contributed by atoms with Crippen molar-refractivity contribution >= 4 is 5.97 Å². The van der Waals surface area contributed by atoms with E-state index in [1.54, 1.807) is 6.07 Å². The summed E-state index contributed by atoms with van der Waals surface area (Å²) >= 11 is 0. The number of carbonyl (C=O) groups excluding carboxylic acids is 1. The maximum atomic E-state index is 11.2. The first-order valence-corrected chi connectivity index (χ1v) is 5.62. The van der Waals surface area contributed by atoms with Crippen molar-refractivity contribution in [1.29, 1.82) is 0 Å². The molecule has 1 aliphatic carbocycles. The molecule has 16 heavy (non-hydrogen) atoms. The van der Waals surface area contributed by atoms with Crippen LogP contribution in [-0.4, -0.2) is 19.6 Å². The summed E-state index contributed by atoms with van der Waals surface area (Å²) in [5.41, 5.74) is 0. The largest absolute Gasteiger partial charge is 0.463 e. The molecule has 0 radical (unpaired) electrons. The van der Waals surface area contributed by atoms with Gasteiger partial charge in [-0.05, 0) is 44.4 Å². The number of ether oxygens (including phenoxy) is 1. The van der Waals surface area contributed by atoms with Crippen LogP contribution in [0.1, 0.15) is 42.1 Å². The summed E-state index contributed by atoms with van der Waals surface area (Å²) in [4.78, 5) is 11.2. The molecule has 0 aromatic carbocycles. The van der Waals surface area contributed by atoms with Gasteiger partial charge in [0.1, 0.15) is 5.76 Å². The second kappa shape index (κ2) is 4.70.